The number of carboxylic acid groups (broad SMARTS) is 1. The molecule has 1 saturated heterocycles. The number of likely N-dealkylation sites (tertiary alicyclic amines) is 1. The number of carbonyl (C=O) groups is 2. The monoisotopic (exact) mass is 331 g/mol. The van der Waals surface area contributed by atoms with Gasteiger partial charge in [-0.3, -0.25) is 4.79 Å². The summed E-state index contributed by atoms with van der Waals surface area (Å²) < 4.78 is 10.7. The Morgan fingerprint density at radius 1 is 1.17 bits per heavy atom. The molecule has 0 aliphatic carbocycles. The molecular weight excluding hydrogens is 312 g/mol. The van der Waals surface area contributed by atoms with Crippen molar-refractivity contribution in [2.45, 2.75) is 12.8 Å². The van der Waals surface area contributed by atoms with Crippen LogP contribution >= 0.6 is 0 Å². The minimum atomic E-state index is -1.04. The third-order valence-corrected chi connectivity index (χ3v) is 4.50. The van der Waals surface area contributed by atoms with E-state index in [9.17, 15) is 14.7 Å². The summed E-state index contributed by atoms with van der Waals surface area (Å²) in [6.45, 7) is 0.808. The van der Waals surface area contributed by atoms with E-state index < -0.39 is 11.9 Å². The molecule has 1 aromatic heterocycles. The molecule has 1 N–H and O–H groups in total. The van der Waals surface area contributed by atoms with Gasteiger partial charge in [0.05, 0.1) is 19.7 Å². The molecule has 0 bridgehead atoms. The molecule has 0 saturated carbocycles. The van der Waals surface area contributed by atoms with E-state index in [1.54, 1.807) is 37.3 Å². The van der Waals surface area contributed by atoms with Crippen molar-refractivity contribution in [3.8, 4) is 11.5 Å². The van der Waals surface area contributed by atoms with Crippen molar-refractivity contribution in [2.75, 3.05) is 27.3 Å². The number of amides is 1. The zero-order valence-electron chi connectivity index (χ0n) is 13.6. The highest BCUT2D eigenvalue weighted by Gasteiger charge is 2.26. The minimum absolute atomic E-state index is 0.160. The fraction of sp³-hybridized carbons (Fsp3) is 0.412. The number of aromatic amines is 1. The van der Waals surface area contributed by atoms with Gasteiger partial charge in [-0.1, -0.05) is 0 Å². The maximum atomic E-state index is 12.7. The summed E-state index contributed by atoms with van der Waals surface area (Å²) in [5.41, 5.74) is 1.13. The van der Waals surface area contributed by atoms with Gasteiger partial charge in [0.25, 0.3) is 5.91 Å². The largest absolute Gasteiger partial charge is 0.550 e. The number of benzene rings is 1. The van der Waals surface area contributed by atoms with Gasteiger partial charge < -0.3 is 29.3 Å². The number of aromatic nitrogens is 1. The molecule has 2 aromatic rings. The number of nitrogens with zero attached hydrogens (tertiary/aromatic N) is 1. The standard InChI is InChI=1S/C17H20N2O5/c1-23-13-3-4-14(24-2)15-11(13)9-12(18-15)16(20)19-7-5-10(6-8-19)17(21)22/h3-4,9-10,18H,5-8H2,1-2H3,(H,21,22)/p-1. The van der Waals surface area contributed by atoms with E-state index in [1.807, 2.05) is 0 Å². The summed E-state index contributed by atoms with van der Waals surface area (Å²) in [5.74, 6) is -0.400. The number of aliphatic carboxylic acids is 1. The van der Waals surface area contributed by atoms with Crippen LogP contribution in [0.4, 0.5) is 0 Å². The predicted octanol–water partition coefficient (Wildman–Crippen LogP) is 0.787. The molecule has 0 radical (unpaired) electrons. The van der Waals surface area contributed by atoms with Crippen molar-refractivity contribution in [3.05, 3.63) is 23.9 Å². The summed E-state index contributed by atoms with van der Waals surface area (Å²) in [4.78, 5) is 28.4. The number of carbonyl (C=O) groups excluding carboxylic acids is 2. The third-order valence-electron chi connectivity index (χ3n) is 4.50. The molecule has 1 aromatic carbocycles. The van der Waals surface area contributed by atoms with Crippen molar-refractivity contribution >= 4 is 22.8 Å². The second-order valence-corrected chi connectivity index (χ2v) is 5.83. The summed E-state index contributed by atoms with van der Waals surface area (Å²) >= 11 is 0. The number of methoxy groups -OCH3 is 2. The summed E-state index contributed by atoms with van der Waals surface area (Å²) in [6, 6.07) is 5.30. The van der Waals surface area contributed by atoms with Crippen LogP contribution in [0.2, 0.25) is 0 Å². The van der Waals surface area contributed by atoms with Gasteiger partial charge in [-0.05, 0) is 31.0 Å². The van der Waals surface area contributed by atoms with E-state index in [0.717, 1.165) is 5.39 Å². The van der Waals surface area contributed by atoms with Crippen molar-refractivity contribution in [1.29, 1.82) is 0 Å². The fourth-order valence-electron chi connectivity index (χ4n) is 3.12. The van der Waals surface area contributed by atoms with Gasteiger partial charge in [-0.25, -0.2) is 0 Å². The number of H-pyrrole nitrogens is 1. The van der Waals surface area contributed by atoms with E-state index in [2.05, 4.69) is 4.98 Å². The molecule has 1 aliphatic heterocycles. The minimum Gasteiger partial charge on any atom is -0.550 e. The predicted molar refractivity (Wildman–Crippen MR) is 85.0 cm³/mol. The van der Waals surface area contributed by atoms with Gasteiger partial charge in [-0.15, -0.1) is 0 Å². The Morgan fingerprint density at radius 2 is 1.79 bits per heavy atom. The fourth-order valence-corrected chi connectivity index (χ4v) is 3.12. The lowest BCUT2D eigenvalue weighted by Crippen LogP contribution is -2.43. The molecule has 2 heterocycles. The average molecular weight is 331 g/mol. The van der Waals surface area contributed by atoms with Crippen LogP contribution in [0, 0.1) is 5.92 Å². The number of rotatable bonds is 4. The Hall–Kier alpha value is -2.70. The highest BCUT2D eigenvalue weighted by Crippen LogP contribution is 2.33. The Morgan fingerprint density at radius 3 is 2.38 bits per heavy atom. The summed E-state index contributed by atoms with van der Waals surface area (Å²) in [7, 11) is 3.13. The SMILES string of the molecule is COc1ccc(OC)c2[nH]c(C(=O)N3CCC(C(=O)[O-])CC3)cc12. The van der Waals surface area contributed by atoms with E-state index >= 15 is 0 Å². The van der Waals surface area contributed by atoms with Crippen LogP contribution in [0.5, 0.6) is 11.5 Å². The maximum absolute atomic E-state index is 12.7. The Bertz CT molecular complexity index is 734. The van der Waals surface area contributed by atoms with Crippen molar-refractivity contribution in [3.63, 3.8) is 0 Å². The van der Waals surface area contributed by atoms with Crippen LogP contribution in [0.1, 0.15) is 23.3 Å². The summed E-state index contributed by atoms with van der Waals surface area (Å²) in [5, 5.41) is 11.7. The van der Waals surface area contributed by atoms with Gasteiger partial charge in [0, 0.05) is 30.4 Å². The second kappa shape index (κ2) is 6.43. The lowest BCUT2D eigenvalue weighted by molar-refractivity contribution is -0.312. The molecule has 24 heavy (non-hydrogen) atoms. The quantitative estimate of drug-likeness (QED) is 0.894. The topological polar surface area (TPSA) is 94.7 Å². The highest BCUT2D eigenvalue weighted by molar-refractivity contribution is 6.01. The average Bonchev–Trinajstić information content (AvgIpc) is 3.05. The van der Waals surface area contributed by atoms with Crippen LogP contribution in [-0.4, -0.2) is 49.1 Å². The number of carboxylic acids is 1. The lowest BCUT2D eigenvalue weighted by Gasteiger charge is -2.32. The Kier molecular flexibility index (Phi) is 4.33. The molecule has 0 atom stereocenters. The number of hydrogen-bond acceptors (Lipinski definition) is 5. The zero-order valence-corrected chi connectivity index (χ0v) is 13.6. The van der Waals surface area contributed by atoms with Gasteiger partial charge >= 0.3 is 0 Å². The lowest BCUT2D eigenvalue weighted by atomic mass is 9.97. The Labute approximate surface area is 139 Å². The highest BCUT2D eigenvalue weighted by atomic mass is 16.5. The molecular formula is C17H19N2O5-. The molecule has 128 valence electrons. The Balaban J connectivity index is 1.87. The van der Waals surface area contributed by atoms with Gasteiger partial charge in [-0.2, -0.15) is 0 Å². The van der Waals surface area contributed by atoms with E-state index in [1.165, 1.54) is 0 Å². The van der Waals surface area contributed by atoms with Crippen LogP contribution in [-0.2, 0) is 4.79 Å². The van der Waals surface area contributed by atoms with Crippen molar-refractivity contribution in [1.82, 2.24) is 9.88 Å². The molecule has 7 nitrogen and oxygen atoms in total. The molecule has 3 rings (SSSR count). The number of ether oxygens (including phenoxy) is 2. The van der Waals surface area contributed by atoms with Crippen LogP contribution in [0.15, 0.2) is 18.2 Å². The number of piperidine rings is 1. The molecule has 0 unspecified atom stereocenters. The molecule has 1 aliphatic rings. The van der Waals surface area contributed by atoms with E-state index in [0.29, 0.717) is 48.6 Å². The van der Waals surface area contributed by atoms with Crippen molar-refractivity contribution < 1.29 is 24.2 Å². The zero-order chi connectivity index (χ0) is 17.3. The van der Waals surface area contributed by atoms with E-state index in [-0.39, 0.29) is 5.91 Å². The smallest absolute Gasteiger partial charge is 0.270 e. The number of nitrogens with one attached hydrogen (secondary N) is 1. The first-order valence-corrected chi connectivity index (χ1v) is 7.79. The summed E-state index contributed by atoms with van der Waals surface area (Å²) in [6.07, 6.45) is 0.835. The number of hydrogen-bond donors (Lipinski definition) is 1. The first-order chi connectivity index (χ1) is 11.5. The van der Waals surface area contributed by atoms with Crippen LogP contribution < -0.4 is 14.6 Å². The second-order valence-electron chi connectivity index (χ2n) is 5.83. The van der Waals surface area contributed by atoms with Crippen LogP contribution in [0.3, 0.4) is 0 Å². The van der Waals surface area contributed by atoms with Crippen LogP contribution in [0.25, 0.3) is 10.9 Å². The first kappa shape index (κ1) is 16.2. The third kappa shape index (κ3) is 2.77. The molecule has 1 fully saturated rings. The van der Waals surface area contributed by atoms with Gasteiger partial charge in [0.1, 0.15) is 17.2 Å². The van der Waals surface area contributed by atoms with E-state index in [4.69, 9.17) is 9.47 Å². The van der Waals surface area contributed by atoms with Gasteiger partial charge in [0.15, 0.2) is 0 Å². The molecule has 1 amide bonds. The molecule has 7 heteroatoms. The maximum Gasteiger partial charge on any atom is 0.270 e. The normalized spacial score (nSPS) is 15.5. The van der Waals surface area contributed by atoms with Crippen molar-refractivity contribution in [2.24, 2.45) is 5.92 Å². The number of fused-ring (bicyclic) bond motifs is 1. The first-order valence-electron chi connectivity index (χ1n) is 7.79. The molecule has 0 spiro atoms. The van der Waals surface area contributed by atoms with Gasteiger partial charge in [0.2, 0.25) is 0 Å².